The predicted molar refractivity (Wildman–Crippen MR) is 93.2 cm³/mol. The van der Waals surface area contributed by atoms with Crippen LogP contribution in [0.4, 0.5) is 0 Å². The van der Waals surface area contributed by atoms with Crippen molar-refractivity contribution in [3.63, 3.8) is 0 Å². The number of ketones is 1. The van der Waals surface area contributed by atoms with Crippen molar-refractivity contribution in [3.05, 3.63) is 45.9 Å². The molecule has 1 amide bonds. The number of likely N-dealkylation sites (tertiary alicyclic amines) is 1. The second kappa shape index (κ2) is 7.66. The number of aryl methyl sites for hydroxylation is 1. The third-order valence-corrected chi connectivity index (χ3v) is 5.40. The van der Waals surface area contributed by atoms with E-state index in [9.17, 15) is 9.59 Å². The number of carbonyl (C=O) groups excluding carboxylic acids is 2. The molecule has 1 fully saturated rings. The molecule has 0 bridgehead atoms. The fourth-order valence-electron chi connectivity index (χ4n) is 3.00. The van der Waals surface area contributed by atoms with Crippen LogP contribution in [0.1, 0.15) is 52.0 Å². The van der Waals surface area contributed by atoms with Gasteiger partial charge in [-0.15, -0.1) is 21.5 Å². The van der Waals surface area contributed by atoms with Gasteiger partial charge in [0.05, 0.1) is 0 Å². The van der Waals surface area contributed by atoms with Crippen LogP contribution in [0.15, 0.2) is 30.3 Å². The Balaban J connectivity index is 1.46. The summed E-state index contributed by atoms with van der Waals surface area (Å²) in [6, 6.07) is 9.15. The molecule has 6 heteroatoms. The molecule has 5 nitrogen and oxygen atoms in total. The van der Waals surface area contributed by atoms with Crippen LogP contribution < -0.4 is 0 Å². The van der Waals surface area contributed by atoms with Crippen molar-refractivity contribution < 1.29 is 9.59 Å². The topological polar surface area (TPSA) is 63.2 Å². The lowest BCUT2D eigenvalue weighted by Crippen LogP contribution is -2.38. The minimum absolute atomic E-state index is 0.0307. The average molecular weight is 343 g/mol. The van der Waals surface area contributed by atoms with E-state index in [2.05, 4.69) is 10.2 Å². The zero-order valence-corrected chi connectivity index (χ0v) is 14.6. The maximum Gasteiger partial charge on any atom is 0.223 e. The van der Waals surface area contributed by atoms with Crippen LogP contribution in [0.3, 0.4) is 0 Å². The van der Waals surface area contributed by atoms with Gasteiger partial charge in [-0.05, 0) is 19.8 Å². The number of benzene rings is 1. The van der Waals surface area contributed by atoms with Gasteiger partial charge in [-0.2, -0.15) is 0 Å². The Labute approximate surface area is 145 Å². The van der Waals surface area contributed by atoms with Crippen molar-refractivity contribution in [1.82, 2.24) is 15.1 Å². The zero-order valence-electron chi connectivity index (χ0n) is 13.8. The smallest absolute Gasteiger partial charge is 0.223 e. The standard InChI is InChI=1S/C18H21N3O2S/c1-13-19-20-18(24-13)15-9-11-21(12-10-15)17(23)8-7-16(22)14-5-3-2-4-6-14/h2-6,15H,7-12H2,1H3. The van der Waals surface area contributed by atoms with Gasteiger partial charge in [0, 0.05) is 37.4 Å². The molecule has 0 spiro atoms. The van der Waals surface area contributed by atoms with Crippen LogP contribution >= 0.6 is 11.3 Å². The second-order valence-electron chi connectivity index (χ2n) is 6.10. The van der Waals surface area contributed by atoms with Gasteiger partial charge in [0.2, 0.25) is 5.91 Å². The summed E-state index contributed by atoms with van der Waals surface area (Å²) >= 11 is 1.65. The molecule has 0 N–H and O–H groups in total. The molecule has 1 saturated heterocycles. The van der Waals surface area contributed by atoms with Crippen LogP contribution in [-0.2, 0) is 4.79 Å². The van der Waals surface area contributed by atoms with Gasteiger partial charge >= 0.3 is 0 Å². The van der Waals surface area contributed by atoms with Crippen LogP contribution in [0.25, 0.3) is 0 Å². The molecule has 2 aromatic rings. The van der Waals surface area contributed by atoms with E-state index in [1.807, 2.05) is 30.0 Å². The third-order valence-electron chi connectivity index (χ3n) is 4.40. The van der Waals surface area contributed by atoms with Crippen LogP contribution in [-0.4, -0.2) is 39.9 Å². The van der Waals surface area contributed by atoms with E-state index in [1.54, 1.807) is 23.5 Å². The minimum atomic E-state index is 0.0307. The number of Topliss-reactive ketones (excluding diaryl/α,β-unsaturated/α-hetero) is 1. The van der Waals surface area contributed by atoms with Crippen LogP contribution in [0, 0.1) is 6.92 Å². The summed E-state index contributed by atoms with van der Waals surface area (Å²) < 4.78 is 0. The van der Waals surface area contributed by atoms with E-state index in [-0.39, 0.29) is 24.5 Å². The van der Waals surface area contributed by atoms with Gasteiger partial charge in [0.25, 0.3) is 0 Å². The number of hydrogen-bond donors (Lipinski definition) is 0. The first-order valence-electron chi connectivity index (χ1n) is 8.29. The average Bonchev–Trinajstić information content (AvgIpc) is 3.06. The molecule has 2 heterocycles. The fourth-order valence-corrected chi connectivity index (χ4v) is 3.87. The Hall–Kier alpha value is -2.08. The first-order valence-corrected chi connectivity index (χ1v) is 9.11. The Bertz CT molecular complexity index is 706. The van der Waals surface area contributed by atoms with E-state index in [1.165, 1.54) is 0 Å². The number of carbonyl (C=O) groups is 2. The van der Waals surface area contributed by atoms with Gasteiger partial charge < -0.3 is 4.90 Å². The molecule has 1 aliphatic heterocycles. The van der Waals surface area contributed by atoms with Crippen molar-refractivity contribution in [3.8, 4) is 0 Å². The summed E-state index contributed by atoms with van der Waals surface area (Å²) in [6.45, 7) is 3.44. The molecule has 0 saturated carbocycles. The number of nitrogens with zero attached hydrogens (tertiary/aromatic N) is 3. The lowest BCUT2D eigenvalue weighted by molar-refractivity contribution is -0.132. The Morgan fingerprint density at radius 2 is 1.83 bits per heavy atom. The van der Waals surface area contributed by atoms with Crippen molar-refractivity contribution >= 4 is 23.0 Å². The quantitative estimate of drug-likeness (QED) is 0.782. The summed E-state index contributed by atoms with van der Waals surface area (Å²) in [4.78, 5) is 26.3. The number of rotatable bonds is 5. The van der Waals surface area contributed by atoms with Crippen LogP contribution in [0.2, 0.25) is 0 Å². The maximum absolute atomic E-state index is 12.3. The van der Waals surface area contributed by atoms with Crippen molar-refractivity contribution in [1.29, 1.82) is 0 Å². The largest absolute Gasteiger partial charge is 0.343 e. The van der Waals surface area contributed by atoms with Gasteiger partial charge in [0.1, 0.15) is 10.0 Å². The summed E-state index contributed by atoms with van der Waals surface area (Å²) in [5.74, 6) is 0.514. The van der Waals surface area contributed by atoms with E-state index in [4.69, 9.17) is 0 Å². The van der Waals surface area contributed by atoms with Crippen molar-refractivity contribution in [2.75, 3.05) is 13.1 Å². The van der Waals surface area contributed by atoms with E-state index < -0.39 is 0 Å². The molecule has 0 aliphatic carbocycles. The van der Waals surface area contributed by atoms with E-state index in [0.29, 0.717) is 11.5 Å². The summed E-state index contributed by atoms with van der Waals surface area (Å²) in [7, 11) is 0. The van der Waals surface area contributed by atoms with Crippen molar-refractivity contribution in [2.45, 2.75) is 38.5 Å². The van der Waals surface area contributed by atoms with Crippen LogP contribution in [0.5, 0.6) is 0 Å². The van der Waals surface area contributed by atoms with Gasteiger partial charge in [-0.1, -0.05) is 30.3 Å². The van der Waals surface area contributed by atoms with E-state index in [0.717, 1.165) is 35.9 Å². The highest BCUT2D eigenvalue weighted by atomic mass is 32.1. The molecule has 24 heavy (non-hydrogen) atoms. The summed E-state index contributed by atoms with van der Waals surface area (Å²) in [5, 5.41) is 10.4. The highest BCUT2D eigenvalue weighted by Crippen LogP contribution is 2.30. The third kappa shape index (κ3) is 4.06. The monoisotopic (exact) mass is 343 g/mol. The van der Waals surface area contributed by atoms with Crippen molar-refractivity contribution in [2.24, 2.45) is 0 Å². The van der Waals surface area contributed by atoms with E-state index >= 15 is 0 Å². The maximum atomic E-state index is 12.3. The molecule has 1 aromatic heterocycles. The molecule has 126 valence electrons. The Morgan fingerprint density at radius 3 is 2.46 bits per heavy atom. The SMILES string of the molecule is Cc1nnc(C2CCN(C(=O)CCC(=O)c3ccccc3)CC2)s1. The molecule has 3 rings (SSSR count). The molecule has 0 atom stereocenters. The normalized spacial score (nSPS) is 15.5. The number of piperidine rings is 1. The zero-order chi connectivity index (χ0) is 16.9. The highest BCUT2D eigenvalue weighted by Gasteiger charge is 2.26. The fraction of sp³-hybridized carbons (Fsp3) is 0.444. The molecular formula is C18H21N3O2S. The predicted octanol–water partition coefficient (Wildman–Crippen LogP) is 3.22. The van der Waals surface area contributed by atoms with Gasteiger partial charge in [0.15, 0.2) is 5.78 Å². The number of aromatic nitrogens is 2. The Morgan fingerprint density at radius 1 is 1.12 bits per heavy atom. The molecule has 1 aliphatic rings. The van der Waals surface area contributed by atoms with Gasteiger partial charge in [-0.25, -0.2) is 0 Å². The molecule has 0 radical (unpaired) electrons. The minimum Gasteiger partial charge on any atom is -0.343 e. The lowest BCUT2D eigenvalue weighted by Gasteiger charge is -2.31. The highest BCUT2D eigenvalue weighted by molar-refractivity contribution is 7.11. The van der Waals surface area contributed by atoms with Gasteiger partial charge in [-0.3, -0.25) is 9.59 Å². The molecule has 0 unspecified atom stereocenters. The first-order chi connectivity index (χ1) is 11.6. The number of amides is 1. The first kappa shape index (κ1) is 16.8. The summed E-state index contributed by atoms with van der Waals surface area (Å²) in [6.07, 6.45) is 2.41. The molecular weight excluding hydrogens is 322 g/mol. The summed E-state index contributed by atoms with van der Waals surface area (Å²) in [5.41, 5.74) is 0.677. The Kier molecular flexibility index (Phi) is 5.35. The second-order valence-corrected chi connectivity index (χ2v) is 7.32. The molecule has 1 aromatic carbocycles. The lowest BCUT2D eigenvalue weighted by atomic mass is 9.97. The number of hydrogen-bond acceptors (Lipinski definition) is 5.